The molecule has 3 rings (SSSR count). The molecule has 0 unspecified atom stereocenters. The van der Waals surface area contributed by atoms with E-state index in [0.29, 0.717) is 0 Å². The minimum absolute atomic E-state index is 0.0289. The van der Waals surface area contributed by atoms with Crippen molar-refractivity contribution in [1.29, 1.82) is 0 Å². The van der Waals surface area contributed by atoms with Gasteiger partial charge in [0.25, 0.3) is 5.69 Å². The van der Waals surface area contributed by atoms with Crippen molar-refractivity contribution in [3.05, 3.63) is 33.3 Å². The lowest BCUT2D eigenvalue weighted by molar-refractivity contribution is -0.384. The molecule has 2 fully saturated rings. The fraction of sp³-hybridized carbons (Fsp3) is 0.471. The maximum Gasteiger partial charge on any atom is 0.271 e. The first-order valence-electron chi connectivity index (χ1n) is 8.47. The van der Waals surface area contributed by atoms with Crippen LogP contribution in [0.25, 0.3) is 0 Å². The molecule has 1 aromatic rings. The molecule has 0 bridgehead atoms. The summed E-state index contributed by atoms with van der Waals surface area (Å²) < 4.78 is 0. The van der Waals surface area contributed by atoms with Crippen LogP contribution in [-0.2, 0) is 14.4 Å². The smallest absolute Gasteiger partial charge is 0.271 e. The second kappa shape index (κ2) is 7.41. The molecule has 0 spiro atoms. The summed E-state index contributed by atoms with van der Waals surface area (Å²) in [6.45, 7) is 0.0289. The lowest BCUT2D eigenvalue weighted by Crippen LogP contribution is -2.34. The average Bonchev–Trinajstić information content (AvgIpc) is 2.86. The number of fused-ring (bicyclic) bond motifs is 1. The maximum absolute atomic E-state index is 12.4. The van der Waals surface area contributed by atoms with Gasteiger partial charge in [0.15, 0.2) is 0 Å². The number of nitrogens with one attached hydrogen (secondary N) is 1. The second-order valence-corrected chi connectivity index (χ2v) is 6.95. The van der Waals surface area contributed by atoms with Crippen molar-refractivity contribution in [3.8, 4) is 0 Å². The van der Waals surface area contributed by atoms with E-state index in [2.05, 4.69) is 5.32 Å². The van der Waals surface area contributed by atoms with Gasteiger partial charge in [-0.25, -0.2) is 0 Å². The number of carbonyl (C=O) groups is 3. The summed E-state index contributed by atoms with van der Waals surface area (Å²) in [6.07, 6.45) is 3.32. The van der Waals surface area contributed by atoms with Gasteiger partial charge in [0.2, 0.25) is 17.7 Å². The van der Waals surface area contributed by atoms with Gasteiger partial charge in [0, 0.05) is 25.1 Å². The summed E-state index contributed by atoms with van der Waals surface area (Å²) >= 11 is 5.94. The van der Waals surface area contributed by atoms with E-state index in [1.54, 1.807) is 0 Å². The standard InChI is InChI=1S/C17H18ClN3O5/c18-13-9-10(21(25)26)5-6-14(13)19-15(22)7-8-20-16(23)11-3-1-2-4-12(11)17(20)24/h5-6,9,11-12H,1-4,7-8H2,(H,19,22)/t11-,12-/m0/s1. The molecular weight excluding hydrogens is 362 g/mol. The number of carbonyl (C=O) groups excluding carboxylic acids is 3. The van der Waals surface area contributed by atoms with Crippen molar-refractivity contribution in [2.45, 2.75) is 32.1 Å². The summed E-state index contributed by atoms with van der Waals surface area (Å²) in [6, 6.07) is 3.73. The van der Waals surface area contributed by atoms with Gasteiger partial charge in [-0.05, 0) is 18.9 Å². The van der Waals surface area contributed by atoms with E-state index in [4.69, 9.17) is 11.6 Å². The summed E-state index contributed by atoms with van der Waals surface area (Å²) in [4.78, 5) is 48.2. The Kier molecular flexibility index (Phi) is 5.22. The highest BCUT2D eigenvalue weighted by atomic mass is 35.5. The maximum atomic E-state index is 12.4. The van der Waals surface area contributed by atoms with Gasteiger partial charge in [-0.2, -0.15) is 0 Å². The third kappa shape index (κ3) is 3.55. The van der Waals surface area contributed by atoms with Crippen molar-refractivity contribution in [2.75, 3.05) is 11.9 Å². The van der Waals surface area contributed by atoms with Crippen LogP contribution >= 0.6 is 11.6 Å². The Bertz CT molecular complexity index is 758. The predicted octanol–water partition coefficient (Wildman–Crippen LogP) is 2.75. The van der Waals surface area contributed by atoms with E-state index in [1.807, 2.05) is 0 Å². The molecule has 0 radical (unpaired) electrons. The number of nitrogens with zero attached hydrogens (tertiary/aromatic N) is 2. The van der Waals surface area contributed by atoms with Crippen LogP contribution < -0.4 is 5.32 Å². The van der Waals surface area contributed by atoms with E-state index in [-0.39, 0.29) is 53.0 Å². The quantitative estimate of drug-likeness (QED) is 0.480. The predicted molar refractivity (Wildman–Crippen MR) is 93.5 cm³/mol. The van der Waals surface area contributed by atoms with Gasteiger partial charge < -0.3 is 5.32 Å². The summed E-state index contributed by atoms with van der Waals surface area (Å²) in [5.74, 6) is -1.25. The van der Waals surface area contributed by atoms with Crippen LogP contribution in [0.1, 0.15) is 32.1 Å². The van der Waals surface area contributed by atoms with Crippen LogP contribution in [0.4, 0.5) is 11.4 Å². The van der Waals surface area contributed by atoms with Gasteiger partial charge in [0.1, 0.15) is 0 Å². The second-order valence-electron chi connectivity index (χ2n) is 6.54. The zero-order chi connectivity index (χ0) is 18.8. The first-order valence-corrected chi connectivity index (χ1v) is 8.85. The molecule has 8 nitrogen and oxygen atoms in total. The molecule has 1 aliphatic heterocycles. The molecule has 1 saturated carbocycles. The molecule has 138 valence electrons. The zero-order valence-corrected chi connectivity index (χ0v) is 14.7. The minimum atomic E-state index is -0.582. The number of amides is 3. The van der Waals surface area contributed by atoms with Crippen LogP contribution in [0.2, 0.25) is 5.02 Å². The monoisotopic (exact) mass is 379 g/mol. The molecule has 9 heteroatoms. The topological polar surface area (TPSA) is 110 Å². The number of rotatable bonds is 5. The number of hydrogen-bond acceptors (Lipinski definition) is 5. The minimum Gasteiger partial charge on any atom is -0.325 e. The third-order valence-corrected chi connectivity index (χ3v) is 5.25. The van der Waals surface area contributed by atoms with E-state index in [0.717, 1.165) is 31.7 Å². The van der Waals surface area contributed by atoms with Crippen LogP contribution in [0.5, 0.6) is 0 Å². The Morgan fingerprint density at radius 2 is 1.85 bits per heavy atom. The highest BCUT2D eigenvalue weighted by molar-refractivity contribution is 6.34. The molecule has 0 aromatic heterocycles. The Morgan fingerprint density at radius 1 is 1.23 bits per heavy atom. The molecule has 1 saturated heterocycles. The van der Waals surface area contributed by atoms with Crippen molar-refractivity contribution in [2.24, 2.45) is 11.8 Å². The fourth-order valence-electron chi connectivity index (χ4n) is 3.60. The van der Waals surface area contributed by atoms with Crippen LogP contribution in [-0.4, -0.2) is 34.1 Å². The number of non-ortho nitro benzene ring substituents is 1. The van der Waals surface area contributed by atoms with Gasteiger partial charge in [-0.1, -0.05) is 24.4 Å². The van der Waals surface area contributed by atoms with E-state index in [1.165, 1.54) is 17.0 Å². The van der Waals surface area contributed by atoms with Crippen molar-refractivity contribution in [3.63, 3.8) is 0 Å². The highest BCUT2D eigenvalue weighted by Gasteiger charge is 2.47. The summed E-state index contributed by atoms with van der Waals surface area (Å²) in [5, 5.41) is 13.3. The van der Waals surface area contributed by atoms with Gasteiger partial charge in [-0.3, -0.25) is 29.4 Å². The van der Waals surface area contributed by atoms with Crippen molar-refractivity contribution in [1.82, 2.24) is 4.90 Å². The van der Waals surface area contributed by atoms with Gasteiger partial charge in [-0.15, -0.1) is 0 Å². The van der Waals surface area contributed by atoms with Crippen LogP contribution in [0, 0.1) is 22.0 Å². The molecule has 1 aliphatic carbocycles. The first-order chi connectivity index (χ1) is 12.4. The van der Waals surface area contributed by atoms with Crippen molar-refractivity contribution < 1.29 is 19.3 Å². The zero-order valence-electron chi connectivity index (χ0n) is 13.9. The number of nitro groups is 1. The molecule has 3 amide bonds. The molecule has 26 heavy (non-hydrogen) atoms. The van der Waals surface area contributed by atoms with E-state index >= 15 is 0 Å². The Morgan fingerprint density at radius 3 is 2.38 bits per heavy atom. The van der Waals surface area contributed by atoms with Crippen molar-refractivity contribution >= 4 is 40.7 Å². The largest absolute Gasteiger partial charge is 0.325 e. The number of likely N-dealkylation sites (tertiary alicyclic amines) is 1. The number of benzene rings is 1. The molecule has 2 aliphatic rings. The van der Waals surface area contributed by atoms with E-state index < -0.39 is 10.8 Å². The molecule has 1 N–H and O–H groups in total. The molecular formula is C17H18ClN3O5. The van der Waals surface area contributed by atoms with Crippen LogP contribution in [0.15, 0.2) is 18.2 Å². The lowest BCUT2D eigenvalue weighted by atomic mass is 9.81. The molecule has 2 atom stereocenters. The SMILES string of the molecule is O=C(CCN1C(=O)[C@H]2CCCC[C@@H]2C1=O)Nc1ccc([N+](=O)[O-])cc1Cl. The number of hydrogen-bond donors (Lipinski definition) is 1. The lowest BCUT2D eigenvalue weighted by Gasteiger charge is -2.19. The molecule has 1 aromatic carbocycles. The number of imide groups is 1. The number of halogens is 1. The average molecular weight is 380 g/mol. The highest BCUT2D eigenvalue weighted by Crippen LogP contribution is 2.38. The van der Waals surface area contributed by atoms with Crippen LogP contribution in [0.3, 0.4) is 0 Å². The fourth-order valence-corrected chi connectivity index (χ4v) is 3.82. The normalized spacial score (nSPS) is 22.3. The Hall–Kier alpha value is -2.48. The van der Waals surface area contributed by atoms with E-state index in [9.17, 15) is 24.5 Å². The Labute approximate surface area is 154 Å². The number of nitro benzene ring substituents is 1. The summed E-state index contributed by atoms with van der Waals surface area (Å²) in [5.41, 5.74) is 0.0684. The van der Waals surface area contributed by atoms with Gasteiger partial charge in [0.05, 0.1) is 27.5 Å². The Balaban J connectivity index is 1.58. The third-order valence-electron chi connectivity index (χ3n) is 4.93. The summed E-state index contributed by atoms with van der Waals surface area (Å²) in [7, 11) is 0. The first kappa shape index (κ1) is 18.3. The number of anilines is 1. The molecule has 1 heterocycles. The van der Waals surface area contributed by atoms with Gasteiger partial charge >= 0.3 is 0 Å².